The van der Waals surface area contributed by atoms with Crippen molar-refractivity contribution in [2.75, 3.05) is 24.1 Å². The lowest BCUT2D eigenvalue weighted by Crippen LogP contribution is -2.24. The minimum absolute atomic E-state index is 0.108. The van der Waals surface area contributed by atoms with Gasteiger partial charge in [-0.05, 0) is 25.2 Å². The van der Waals surface area contributed by atoms with Crippen LogP contribution in [0.2, 0.25) is 0 Å². The van der Waals surface area contributed by atoms with Gasteiger partial charge in [0.1, 0.15) is 0 Å². The van der Waals surface area contributed by atoms with E-state index < -0.39 is 20.0 Å². The number of rotatable bonds is 6. The molecule has 0 saturated heterocycles. The quantitative estimate of drug-likeness (QED) is 0.640. The number of hydrogen-bond donors (Lipinski definition) is 3. The Labute approximate surface area is 106 Å². The van der Waals surface area contributed by atoms with Gasteiger partial charge in [0.25, 0.3) is 0 Å². The number of sulfonamides is 2. The fraction of sp³-hybridized carbons (Fsp3) is 0.333. The van der Waals surface area contributed by atoms with Crippen molar-refractivity contribution in [3.63, 3.8) is 0 Å². The summed E-state index contributed by atoms with van der Waals surface area (Å²) in [5, 5.41) is 7.66. The number of primary sulfonamides is 1. The van der Waals surface area contributed by atoms with Crippen LogP contribution in [0.4, 0.5) is 5.69 Å². The molecular formula is C9H15N3O4S2. The highest BCUT2D eigenvalue weighted by Crippen LogP contribution is 2.15. The van der Waals surface area contributed by atoms with Gasteiger partial charge in [0.05, 0.1) is 10.6 Å². The van der Waals surface area contributed by atoms with Gasteiger partial charge in [-0.15, -0.1) is 0 Å². The van der Waals surface area contributed by atoms with Crippen molar-refractivity contribution < 1.29 is 16.8 Å². The van der Waals surface area contributed by atoms with Crippen molar-refractivity contribution in [1.82, 2.24) is 5.32 Å². The molecule has 0 aliphatic rings. The number of anilines is 1. The fourth-order valence-corrected chi connectivity index (χ4v) is 2.82. The molecule has 0 heterocycles. The van der Waals surface area contributed by atoms with Gasteiger partial charge in [-0.25, -0.2) is 22.0 Å². The van der Waals surface area contributed by atoms with Crippen LogP contribution in [-0.2, 0) is 20.0 Å². The zero-order chi connectivity index (χ0) is 13.8. The minimum atomic E-state index is -3.85. The lowest BCUT2D eigenvalue weighted by molar-refractivity contribution is 0.595. The summed E-state index contributed by atoms with van der Waals surface area (Å²) < 4.78 is 47.7. The molecule has 4 N–H and O–H groups in total. The van der Waals surface area contributed by atoms with Crippen molar-refractivity contribution in [3.8, 4) is 0 Å². The van der Waals surface area contributed by atoms with E-state index in [0.29, 0.717) is 6.54 Å². The lowest BCUT2D eigenvalue weighted by atomic mass is 10.3. The number of benzene rings is 1. The third-order valence-corrected chi connectivity index (χ3v) is 4.26. The third-order valence-electron chi connectivity index (χ3n) is 2.06. The molecule has 102 valence electrons. The predicted molar refractivity (Wildman–Crippen MR) is 69.2 cm³/mol. The topological polar surface area (TPSA) is 118 Å². The Morgan fingerprint density at radius 1 is 1.22 bits per heavy atom. The van der Waals surface area contributed by atoms with E-state index in [2.05, 4.69) is 10.0 Å². The van der Waals surface area contributed by atoms with Crippen LogP contribution in [0.25, 0.3) is 0 Å². The molecule has 9 heteroatoms. The summed E-state index contributed by atoms with van der Waals surface area (Å²) >= 11 is 0. The predicted octanol–water partition coefficient (Wildman–Crippen LogP) is -0.705. The van der Waals surface area contributed by atoms with Gasteiger partial charge >= 0.3 is 0 Å². The summed E-state index contributed by atoms with van der Waals surface area (Å²) in [7, 11) is -5.72. The van der Waals surface area contributed by atoms with E-state index in [1.165, 1.54) is 24.3 Å². The van der Waals surface area contributed by atoms with Crippen LogP contribution in [-0.4, -0.2) is 36.2 Å². The molecule has 0 saturated carbocycles. The molecule has 0 aliphatic carbocycles. The molecule has 0 aromatic heterocycles. The van der Waals surface area contributed by atoms with Crippen LogP contribution in [0.1, 0.15) is 0 Å². The molecule has 0 radical (unpaired) electrons. The Hall–Kier alpha value is -1.16. The van der Waals surface area contributed by atoms with Crippen molar-refractivity contribution in [1.29, 1.82) is 0 Å². The van der Waals surface area contributed by atoms with Gasteiger partial charge in [-0.3, -0.25) is 4.72 Å². The highest BCUT2D eigenvalue weighted by Gasteiger charge is 2.12. The van der Waals surface area contributed by atoms with E-state index in [1.807, 2.05) is 0 Å². The SMILES string of the molecule is CNCCS(=O)(=O)Nc1cccc(S(N)(=O)=O)c1. The van der Waals surface area contributed by atoms with E-state index in [4.69, 9.17) is 5.14 Å². The van der Waals surface area contributed by atoms with Crippen molar-refractivity contribution in [2.24, 2.45) is 5.14 Å². The maximum Gasteiger partial charge on any atom is 0.238 e. The normalized spacial score (nSPS) is 12.3. The fourth-order valence-electron chi connectivity index (χ4n) is 1.20. The molecule has 1 aromatic carbocycles. The Bertz CT molecular complexity index is 610. The first-order valence-electron chi connectivity index (χ1n) is 5.02. The third kappa shape index (κ3) is 4.61. The average molecular weight is 293 g/mol. The van der Waals surface area contributed by atoms with E-state index in [1.54, 1.807) is 7.05 Å². The molecule has 0 atom stereocenters. The summed E-state index contributed by atoms with van der Waals surface area (Å²) in [6, 6.07) is 5.33. The van der Waals surface area contributed by atoms with Gasteiger partial charge < -0.3 is 5.32 Å². The van der Waals surface area contributed by atoms with E-state index >= 15 is 0 Å². The molecule has 0 amide bonds. The molecule has 7 nitrogen and oxygen atoms in total. The Morgan fingerprint density at radius 2 is 1.89 bits per heavy atom. The van der Waals surface area contributed by atoms with Crippen LogP contribution in [0.5, 0.6) is 0 Å². The Morgan fingerprint density at radius 3 is 2.44 bits per heavy atom. The van der Waals surface area contributed by atoms with Crippen LogP contribution >= 0.6 is 0 Å². The summed E-state index contributed by atoms with van der Waals surface area (Å²) in [5.41, 5.74) is 0.164. The summed E-state index contributed by atoms with van der Waals surface area (Å²) in [6.45, 7) is 0.296. The molecule has 0 fully saturated rings. The highest BCUT2D eigenvalue weighted by molar-refractivity contribution is 7.92. The largest absolute Gasteiger partial charge is 0.319 e. The first-order valence-corrected chi connectivity index (χ1v) is 8.22. The lowest BCUT2D eigenvalue weighted by Gasteiger charge is -2.08. The van der Waals surface area contributed by atoms with E-state index in [0.717, 1.165) is 0 Å². The van der Waals surface area contributed by atoms with Gasteiger partial charge in [0.15, 0.2) is 0 Å². The zero-order valence-corrected chi connectivity index (χ0v) is 11.4. The second-order valence-corrected chi connectivity index (χ2v) is 7.00. The van der Waals surface area contributed by atoms with Crippen molar-refractivity contribution in [2.45, 2.75) is 4.90 Å². The number of nitrogens with two attached hydrogens (primary N) is 1. The maximum atomic E-state index is 11.6. The van der Waals surface area contributed by atoms with Crippen LogP contribution in [0.3, 0.4) is 0 Å². The molecule has 18 heavy (non-hydrogen) atoms. The zero-order valence-electron chi connectivity index (χ0n) is 9.75. The number of hydrogen-bond acceptors (Lipinski definition) is 5. The molecule has 0 bridgehead atoms. The molecule has 0 aliphatic heterocycles. The molecule has 1 rings (SSSR count). The first kappa shape index (κ1) is 14.9. The Kier molecular flexibility index (Phi) is 4.68. The standard InChI is InChI=1S/C9H15N3O4S2/c1-11-5-6-17(13,14)12-8-3-2-4-9(7-8)18(10,15)16/h2-4,7,11-12H,5-6H2,1H3,(H2,10,15,16). The summed E-state index contributed by atoms with van der Waals surface area (Å²) in [6.07, 6.45) is 0. The van der Waals surface area contributed by atoms with Crippen LogP contribution in [0, 0.1) is 0 Å². The van der Waals surface area contributed by atoms with Gasteiger partial charge in [-0.2, -0.15) is 0 Å². The monoisotopic (exact) mass is 293 g/mol. The van der Waals surface area contributed by atoms with Crippen molar-refractivity contribution in [3.05, 3.63) is 24.3 Å². The average Bonchev–Trinajstić information content (AvgIpc) is 2.25. The first-order chi connectivity index (χ1) is 8.24. The highest BCUT2D eigenvalue weighted by atomic mass is 32.2. The van der Waals surface area contributed by atoms with Gasteiger partial charge in [-0.1, -0.05) is 6.07 Å². The minimum Gasteiger partial charge on any atom is -0.319 e. The van der Waals surface area contributed by atoms with E-state index in [9.17, 15) is 16.8 Å². The number of nitrogens with one attached hydrogen (secondary N) is 2. The Balaban J connectivity index is 2.93. The second kappa shape index (κ2) is 5.65. The molecular weight excluding hydrogens is 278 g/mol. The van der Waals surface area contributed by atoms with Crippen molar-refractivity contribution >= 4 is 25.7 Å². The van der Waals surface area contributed by atoms with Crippen LogP contribution in [0.15, 0.2) is 29.2 Å². The smallest absolute Gasteiger partial charge is 0.238 e. The second-order valence-electron chi connectivity index (χ2n) is 3.60. The maximum absolute atomic E-state index is 11.6. The molecule has 0 spiro atoms. The molecule has 1 aromatic rings. The summed E-state index contributed by atoms with van der Waals surface area (Å²) in [5.74, 6) is -0.108. The summed E-state index contributed by atoms with van der Waals surface area (Å²) in [4.78, 5) is -0.142. The van der Waals surface area contributed by atoms with Crippen LogP contribution < -0.4 is 15.2 Å². The molecule has 0 unspecified atom stereocenters. The van der Waals surface area contributed by atoms with Gasteiger partial charge in [0, 0.05) is 12.2 Å². The van der Waals surface area contributed by atoms with Gasteiger partial charge in [0.2, 0.25) is 20.0 Å². The van der Waals surface area contributed by atoms with E-state index in [-0.39, 0.29) is 16.3 Å².